The Balaban J connectivity index is 1.56. The van der Waals surface area contributed by atoms with Crippen LogP contribution < -0.4 is 5.32 Å². The lowest BCUT2D eigenvalue weighted by atomic mass is 9.96. The highest BCUT2D eigenvalue weighted by molar-refractivity contribution is 7.20. The van der Waals surface area contributed by atoms with Gasteiger partial charge in [-0.15, -0.1) is 11.3 Å². The van der Waals surface area contributed by atoms with Gasteiger partial charge in [0, 0.05) is 31.1 Å². The predicted octanol–water partition coefficient (Wildman–Crippen LogP) is 3.73. The van der Waals surface area contributed by atoms with Gasteiger partial charge in [-0.2, -0.15) is 0 Å². The van der Waals surface area contributed by atoms with Gasteiger partial charge in [0.25, 0.3) is 5.91 Å². The summed E-state index contributed by atoms with van der Waals surface area (Å²) in [4.78, 5) is 18.5. The number of likely N-dealkylation sites (tertiary alicyclic amines) is 1. The van der Waals surface area contributed by atoms with E-state index in [0.717, 1.165) is 31.9 Å². The standard InChI is InChI=1S/C20H20N4OS/c1-22-19(13-5-3-2-4-6-13)14-8-10-24(12-15(14)21)20(25)18-11-16-17(26-18)7-9-23-16/h2-7,9,11,21-23H,8,10,12H2,1H3/b19-14-,21-15?. The molecule has 4 rings (SSSR count). The summed E-state index contributed by atoms with van der Waals surface area (Å²) in [5, 5.41) is 11.7. The van der Waals surface area contributed by atoms with Crippen LogP contribution in [0.25, 0.3) is 15.9 Å². The first-order valence-corrected chi connectivity index (χ1v) is 9.39. The molecule has 26 heavy (non-hydrogen) atoms. The highest BCUT2D eigenvalue weighted by Crippen LogP contribution is 2.28. The van der Waals surface area contributed by atoms with E-state index in [0.29, 0.717) is 25.2 Å². The summed E-state index contributed by atoms with van der Waals surface area (Å²) in [5.41, 5.74) is 4.53. The number of carbonyl (C=O) groups is 1. The molecule has 0 radical (unpaired) electrons. The van der Waals surface area contributed by atoms with Gasteiger partial charge in [0.1, 0.15) is 0 Å². The van der Waals surface area contributed by atoms with E-state index in [1.54, 1.807) is 4.90 Å². The van der Waals surface area contributed by atoms with Crippen molar-refractivity contribution >= 4 is 38.9 Å². The Morgan fingerprint density at radius 3 is 2.77 bits per heavy atom. The minimum atomic E-state index is 0.00844. The van der Waals surface area contributed by atoms with E-state index < -0.39 is 0 Å². The monoisotopic (exact) mass is 364 g/mol. The maximum absolute atomic E-state index is 12.8. The van der Waals surface area contributed by atoms with E-state index in [1.165, 1.54) is 11.3 Å². The van der Waals surface area contributed by atoms with Gasteiger partial charge < -0.3 is 20.6 Å². The summed E-state index contributed by atoms with van der Waals surface area (Å²) in [7, 11) is 1.88. The zero-order chi connectivity index (χ0) is 18.1. The zero-order valence-electron chi connectivity index (χ0n) is 14.5. The lowest BCUT2D eigenvalue weighted by Gasteiger charge is -2.30. The molecule has 6 heteroatoms. The van der Waals surface area contributed by atoms with E-state index in [-0.39, 0.29) is 5.91 Å². The average molecular weight is 364 g/mol. The minimum Gasteiger partial charge on any atom is -0.387 e. The molecule has 2 aromatic heterocycles. The number of aromatic nitrogens is 1. The van der Waals surface area contributed by atoms with Gasteiger partial charge in [0.2, 0.25) is 0 Å². The van der Waals surface area contributed by atoms with Crippen molar-refractivity contribution in [1.82, 2.24) is 15.2 Å². The second-order valence-electron chi connectivity index (χ2n) is 6.29. The Bertz CT molecular complexity index is 971. The SMILES string of the molecule is CN/C(=C1/CCN(C(=O)c2cc3[nH]ccc3s2)CC1=N)c1ccccc1. The molecule has 0 spiro atoms. The van der Waals surface area contributed by atoms with Crippen molar-refractivity contribution in [3.63, 3.8) is 0 Å². The predicted molar refractivity (Wildman–Crippen MR) is 107 cm³/mol. The third kappa shape index (κ3) is 2.93. The molecule has 1 aromatic carbocycles. The van der Waals surface area contributed by atoms with Crippen LogP contribution >= 0.6 is 11.3 Å². The summed E-state index contributed by atoms with van der Waals surface area (Å²) >= 11 is 1.50. The number of hydrogen-bond acceptors (Lipinski definition) is 4. The van der Waals surface area contributed by atoms with E-state index in [9.17, 15) is 4.79 Å². The molecule has 1 fully saturated rings. The smallest absolute Gasteiger partial charge is 0.264 e. The van der Waals surface area contributed by atoms with Crippen molar-refractivity contribution < 1.29 is 4.79 Å². The Morgan fingerprint density at radius 2 is 2.08 bits per heavy atom. The van der Waals surface area contributed by atoms with Gasteiger partial charge in [0.15, 0.2) is 0 Å². The average Bonchev–Trinajstić information content (AvgIpc) is 3.26. The molecule has 1 aliphatic rings. The van der Waals surface area contributed by atoms with E-state index in [4.69, 9.17) is 5.41 Å². The van der Waals surface area contributed by atoms with Gasteiger partial charge in [-0.1, -0.05) is 30.3 Å². The number of aromatic amines is 1. The molecule has 3 aromatic rings. The van der Waals surface area contributed by atoms with Crippen molar-refractivity contribution in [3.8, 4) is 0 Å². The Morgan fingerprint density at radius 1 is 1.27 bits per heavy atom. The lowest BCUT2D eigenvalue weighted by molar-refractivity contribution is 0.0780. The number of thiophene rings is 1. The Hall–Kier alpha value is -2.86. The van der Waals surface area contributed by atoms with Crippen LogP contribution in [0.15, 0.2) is 54.2 Å². The molecular weight excluding hydrogens is 344 g/mol. The number of nitrogens with zero attached hydrogens (tertiary/aromatic N) is 1. The summed E-state index contributed by atoms with van der Waals surface area (Å²) in [6.07, 6.45) is 2.56. The molecule has 1 amide bonds. The van der Waals surface area contributed by atoms with Crippen molar-refractivity contribution in [1.29, 1.82) is 5.41 Å². The summed E-state index contributed by atoms with van der Waals surface area (Å²) in [6, 6.07) is 13.9. The summed E-state index contributed by atoms with van der Waals surface area (Å²) in [6.45, 7) is 0.971. The Kier molecular flexibility index (Phi) is 4.34. The van der Waals surface area contributed by atoms with Crippen LogP contribution in [-0.4, -0.2) is 41.6 Å². The molecule has 1 aliphatic heterocycles. The highest BCUT2D eigenvalue weighted by Gasteiger charge is 2.27. The molecule has 0 aliphatic carbocycles. The van der Waals surface area contributed by atoms with Crippen molar-refractivity contribution in [2.45, 2.75) is 6.42 Å². The molecule has 3 N–H and O–H groups in total. The molecule has 0 atom stereocenters. The third-order valence-electron chi connectivity index (χ3n) is 4.69. The number of amides is 1. The zero-order valence-corrected chi connectivity index (χ0v) is 15.3. The summed E-state index contributed by atoms with van der Waals surface area (Å²) in [5.74, 6) is 0.00844. The van der Waals surface area contributed by atoms with Gasteiger partial charge in [0.05, 0.1) is 27.4 Å². The molecular formula is C20H20N4OS. The minimum absolute atomic E-state index is 0.00844. The normalized spacial score (nSPS) is 16.8. The van der Waals surface area contributed by atoms with Gasteiger partial charge in [-0.25, -0.2) is 0 Å². The number of H-pyrrole nitrogens is 1. The number of nitrogens with one attached hydrogen (secondary N) is 3. The summed E-state index contributed by atoms with van der Waals surface area (Å²) < 4.78 is 1.09. The van der Waals surface area contributed by atoms with Gasteiger partial charge in [-0.05, 0) is 24.1 Å². The molecule has 5 nitrogen and oxygen atoms in total. The first-order chi connectivity index (χ1) is 12.7. The maximum Gasteiger partial charge on any atom is 0.264 e. The number of rotatable bonds is 3. The fourth-order valence-electron chi connectivity index (χ4n) is 3.40. The number of hydrogen-bond donors (Lipinski definition) is 3. The molecule has 1 saturated heterocycles. The quantitative estimate of drug-likeness (QED) is 0.663. The topological polar surface area (TPSA) is 72.0 Å². The van der Waals surface area contributed by atoms with Crippen LogP contribution in [0.5, 0.6) is 0 Å². The molecule has 0 bridgehead atoms. The molecule has 3 heterocycles. The molecule has 0 unspecified atom stereocenters. The number of benzene rings is 1. The van der Waals surface area contributed by atoms with Crippen LogP contribution in [0.2, 0.25) is 0 Å². The second-order valence-corrected chi connectivity index (χ2v) is 7.37. The van der Waals surface area contributed by atoms with Crippen LogP contribution in [0, 0.1) is 5.41 Å². The number of piperidine rings is 1. The van der Waals surface area contributed by atoms with Crippen LogP contribution in [-0.2, 0) is 0 Å². The van der Waals surface area contributed by atoms with Crippen LogP contribution in [0.3, 0.4) is 0 Å². The molecule has 0 saturated carbocycles. The second kappa shape index (κ2) is 6.80. The fraction of sp³-hybridized carbons (Fsp3) is 0.200. The van der Waals surface area contributed by atoms with Gasteiger partial charge in [-0.3, -0.25) is 4.79 Å². The van der Waals surface area contributed by atoms with Crippen molar-refractivity contribution in [3.05, 3.63) is 64.7 Å². The first kappa shape index (κ1) is 16.6. The lowest BCUT2D eigenvalue weighted by Crippen LogP contribution is -2.41. The fourth-order valence-corrected chi connectivity index (χ4v) is 4.39. The van der Waals surface area contributed by atoms with Crippen LogP contribution in [0.4, 0.5) is 0 Å². The first-order valence-electron chi connectivity index (χ1n) is 8.57. The highest BCUT2D eigenvalue weighted by atomic mass is 32.1. The maximum atomic E-state index is 12.8. The van der Waals surface area contributed by atoms with Crippen LogP contribution in [0.1, 0.15) is 21.7 Å². The van der Waals surface area contributed by atoms with E-state index in [2.05, 4.69) is 10.3 Å². The largest absolute Gasteiger partial charge is 0.387 e. The Labute approximate surface area is 155 Å². The van der Waals surface area contributed by atoms with Crippen molar-refractivity contribution in [2.75, 3.05) is 20.1 Å². The number of carbonyl (C=O) groups excluding carboxylic acids is 1. The van der Waals surface area contributed by atoms with E-state index in [1.807, 2.05) is 55.7 Å². The van der Waals surface area contributed by atoms with Gasteiger partial charge >= 0.3 is 0 Å². The third-order valence-corrected chi connectivity index (χ3v) is 5.78. The van der Waals surface area contributed by atoms with E-state index >= 15 is 0 Å². The molecule has 132 valence electrons. The number of fused-ring (bicyclic) bond motifs is 1. The van der Waals surface area contributed by atoms with Crippen molar-refractivity contribution in [2.24, 2.45) is 0 Å².